The molecule has 3 rings (SSSR count). The lowest BCUT2D eigenvalue weighted by molar-refractivity contribution is 0.464. The van der Waals surface area contributed by atoms with Crippen LogP contribution in [0.1, 0.15) is 29.1 Å². The second-order valence-electron chi connectivity index (χ2n) is 6.41. The van der Waals surface area contributed by atoms with Crippen molar-refractivity contribution in [3.05, 3.63) is 50.9 Å². The Kier molecular flexibility index (Phi) is 7.10. The molecule has 0 spiro atoms. The number of thiazole rings is 1. The summed E-state index contributed by atoms with van der Waals surface area (Å²) in [4.78, 5) is 11.1. The average Bonchev–Trinajstić information content (AvgIpc) is 3.24. The maximum absolute atomic E-state index is 6.15. The van der Waals surface area contributed by atoms with Crippen LogP contribution in [0.5, 0.6) is 0 Å². The van der Waals surface area contributed by atoms with Gasteiger partial charge in [-0.25, -0.2) is 4.98 Å². The predicted molar refractivity (Wildman–Crippen MR) is 117 cm³/mol. The van der Waals surface area contributed by atoms with Crippen molar-refractivity contribution in [2.75, 3.05) is 20.6 Å². The fourth-order valence-electron chi connectivity index (χ4n) is 2.97. The highest BCUT2D eigenvalue weighted by atomic mass is 127. The molecule has 0 unspecified atom stereocenters. The molecule has 1 N–H and O–H groups in total. The van der Waals surface area contributed by atoms with Crippen molar-refractivity contribution in [1.82, 2.24) is 15.2 Å². The summed E-state index contributed by atoms with van der Waals surface area (Å²) < 4.78 is 0. The molecule has 1 aliphatic rings. The molecular formula is C18H24ClIN4S. The standard InChI is InChI=1S/C18H23ClN4S.HI/c1-13-22-16(11-24-13)10-23(3)17(20-2)21-12-18(7-8-18)14-5-4-6-15(19)9-14;/h4-6,9,11H,7-8,10,12H2,1-3H3,(H,20,21);1H. The number of rotatable bonds is 5. The van der Waals surface area contributed by atoms with Crippen LogP contribution >= 0.6 is 46.9 Å². The summed E-state index contributed by atoms with van der Waals surface area (Å²) in [5, 5.41) is 7.53. The minimum absolute atomic E-state index is 0. The van der Waals surface area contributed by atoms with E-state index < -0.39 is 0 Å². The van der Waals surface area contributed by atoms with Crippen LogP contribution in [0.25, 0.3) is 0 Å². The molecule has 1 aromatic heterocycles. The molecular weight excluding hydrogens is 467 g/mol. The second-order valence-corrected chi connectivity index (χ2v) is 7.90. The van der Waals surface area contributed by atoms with E-state index in [9.17, 15) is 0 Å². The van der Waals surface area contributed by atoms with Gasteiger partial charge >= 0.3 is 0 Å². The Bertz CT molecular complexity index is 742. The average molecular weight is 491 g/mol. The first-order chi connectivity index (χ1) is 11.5. The first kappa shape index (κ1) is 20.5. The van der Waals surface area contributed by atoms with Crippen LogP contribution in [0.2, 0.25) is 5.02 Å². The molecule has 136 valence electrons. The third-order valence-corrected chi connectivity index (χ3v) is 5.57. The molecule has 1 heterocycles. The van der Waals surface area contributed by atoms with Crippen molar-refractivity contribution in [2.45, 2.75) is 31.7 Å². The van der Waals surface area contributed by atoms with Crippen molar-refractivity contribution in [3.63, 3.8) is 0 Å². The summed E-state index contributed by atoms with van der Waals surface area (Å²) >= 11 is 7.83. The van der Waals surface area contributed by atoms with Gasteiger partial charge in [-0.1, -0.05) is 23.7 Å². The number of guanidine groups is 1. The lowest BCUT2D eigenvalue weighted by atomic mass is 9.96. The molecule has 4 nitrogen and oxygen atoms in total. The summed E-state index contributed by atoms with van der Waals surface area (Å²) in [5.41, 5.74) is 2.59. The summed E-state index contributed by atoms with van der Waals surface area (Å²) in [7, 11) is 3.87. The van der Waals surface area contributed by atoms with Gasteiger partial charge in [0.05, 0.1) is 17.2 Å². The Morgan fingerprint density at radius 1 is 1.44 bits per heavy atom. The van der Waals surface area contributed by atoms with E-state index in [0.717, 1.165) is 34.8 Å². The number of aromatic nitrogens is 1. The van der Waals surface area contributed by atoms with Gasteiger partial charge in [0.1, 0.15) is 0 Å². The van der Waals surface area contributed by atoms with E-state index in [2.05, 4.69) is 37.7 Å². The molecule has 1 aromatic carbocycles. The number of benzene rings is 1. The van der Waals surface area contributed by atoms with Crippen LogP contribution in [0, 0.1) is 6.92 Å². The zero-order valence-electron chi connectivity index (χ0n) is 14.8. The highest BCUT2D eigenvalue weighted by Gasteiger charge is 2.44. The monoisotopic (exact) mass is 490 g/mol. The van der Waals surface area contributed by atoms with Crippen molar-refractivity contribution in [1.29, 1.82) is 0 Å². The number of nitrogens with one attached hydrogen (secondary N) is 1. The van der Waals surface area contributed by atoms with E-state index >= 15 is 0 Å². The van der Waals surface area contributed by atoms with Crippen molar-refractivity contribution < 1.29 is 0 Å². The van der Waals surface area contributed by atoms with Crippen LogP contribution in [-0.2, 0) is 12.0 Å². The van der Waals surface area contributed by atoms with Gasteiger partial charge < -0.3 is 10.2 Å². The Morgan fingerprint density at radius 3 is 2.76 bits per heavy atom. The Labute approximate surface area is 175 Å². The van der Waals surface area contributed by atoms with Gasteiger partial charge in [-0.05, 0) is 37.5 Å². The Balaban J connectivity index is 0.00000225. The van der Waals surface area contributed by atoms with E-state index in [1.807, 2.05) is 33.2 Å². The van der Waals surface area contributed by atoms with Crippen LogP contribution in [0.3, 0.4) is 0 Å². The molecule has 2 aromatic rings. The van der Waals surface area contributed by atoms with Crippen LogP contribution in [0.4, 0.5) is 0 Å². The molecule has 0 bridgehead atoms. The van der Waals surface area contributed by atoms with E-state index in [0.29, 0.717) is 0 Å². The summed E-state index contributed by atoms with van der Waals surface area (Å²) in [5.74, 6) is 0.897. The van der Waals surface area contributed by atoms with Crippen LogP contribution < -0.4 is 5.32 Å². The normalized spacial score (nSPS) is 15.4. The Morgan fingerprint density at radius 2 is 2.20 bits per heavy atom. The first-order valence-corrected chi connectivity index (χ1v) is 9.37. The molecule has 1 fully saturated rings. The van der Waals surface area contributed by atoms with Crippen molar-refractivity contribution in [2.24, 2.45) is 4.99 Å². The van der Waals surface area contributed by atoms with Gasteiger partial charge in [0.25, 0.3) is 0 Å². The molecule has 0 aliphatic heterocycles. The van der Waals surface area contributed by atoms with Gasteiger partial charge in [0, 0.05) is 36.5 Å². The highest BCUT2D eigenvalue weighted by Crippen LogP contribution is 2.48. The minimum Gasteiger partial charge on any atom is -0.355 e. The molecule has 7 heteroatoms. The zero-order valence-corrected chi connectivity index (χ0v) is 18.7. The van der Waals surface area contributed by atoms with E-state index in [-0.39, 0.29) is 29.4 Å². The lowest BCUT2D eigenvalue weighted by Gasteiger charge is -2.24. The maximum Gasteiger partial charge on any atom is 0.193 e. The summed E-state index contributed by atoms with van der Waals surface area (Å²) in [6.07, 6.45) is 2.37. The predicted octanol–water partition coefficient (Wildman–Crippen LogP) is 4.46. The first-order valence-electron chi connectivity index (χ1n) is 8.11. The van der Waals surface area contributed by atoms with Crippen LogP contribution in [0.15, 0.2) is 34.6 Å². The third-order valence-electron chi connectivity index (χ3n) is 4.51. The molecule has 0 radical (unpaired) electrons. The van der Waals surface area contributed by atoms with E-state index in [1.165, 1.54) is 18.4 Å². The maximum atomic E-state index is 6.15. The fraction of sp³-hybridized carbons (Fsp3) is 0.444. The van der Waals surface area contributed by atoms with Gasteiger partial charge in [-0.15, -0.1) is 35.3 Å². The molecule has 25 heavy (non-hydrogen) atoms. The van der Waals surface area contributed by atoms with Crippen LogP contribution in [-0.4, -0.2) is 36.5 Å². The summed E-state index contributed by atoms with van der Waals surface area (Å²) in [6, 6.07) is 8.21. The molecule has 0 saturated heterocycles. The largest absolute Gasteiger partial charge is 0.355 e. The SMILES string of the molecule is CN=C(NCC1(c2cccc(Cl)c2)CC1)N(C)Cc1csc(C)n1.I. The Hall–Kier alpha value is -0.860. The fourth-order valence-corrected chi connectivity index (χ4v) is 3.76. The third kappa shape index (κ3) is 5.08. The van der Waals surface area contributed by atoms with Gasteiger partial charge in [0.15, 0.2) is 5.96 Å². The second kappa shape index (κ2) is 8.68. The van der Waals surface area contributed by atoms with Crippen molar-refractivity contribution >= 4 is 52.9 Å². The lowest BCUT2D eigenvalue weighted by Crippen LogP contribution is -2.42. The summed E-state index contributed by atoms with van der Waals surface area (Å²) in [6.45, 7) is 3.66. The van der Waals surface area contributed by atoms with E-state index in [1.54, 1.807) is 11.3 Å². The number of halogens is 2. The van der Waals surface area contributed by atoms with Crippen molar-refractivity contribution in [3.8, 4) is 0 Å². The smallest absolute Gasteiger partial charge is 0.193 e. The van der Waals surface area contributed by atoms with Gasteiger partial charge in [0.2, 0.25) is 0 Å². The minimum atomic E-state index is 0. The number of hydrogen-bond acceptors (Lipinski definition) is 3. The van der Waals surface area contributed by atoms with E-state index in [4.69, 9.17) is 11.6 Å². The highest BCUT2D eigenvalue weighted by molar-refractivity contribution is 14.0. The number of aryl methyl sites for hydroxylation is 1. The molecule has 1 saturated carbocycles. The quantitative estimate of drug-likeness (QED) is 0.382. The topological polar surface area (TPSA) is 40.5 Å². The van der Waals surface area contributed by atoms with Gasteiger partial charge in [-0.2, -0.15) is 0 Å². The number of aliphatic imine (C=N–C) groups is 1. The molecule has 0 atom stereocenters. The number of hydrogen-bond donors (Lipinski definition) is 1. The van der Waals surface area contributed by atoms with Gasteiger partial charge in [-0.3, -0.25) is 4.99 Å². The molecule has 1 aliphatic carbocycles. The number of nitrogens with zero attached hydrogens (tertiary/aromatic N) is 3. The zero-order chi connectivity index (χ0) is 17.2. The molecule has 0 amide bonds.